The Hall–Kier alpha value is -0.670. The molecule has 0 aliphatic carbocycles. The normalized spacial score (nSPS) is 12.8. The van der Waals surface area contributed by atoms with Gasteiger partial charge in [-0.15, -0.1) is 0 Å². The summed E-state index contributed by atoms with van der Waals surface area (Å²) in [6, 6.07) is 0. The van der Waals surface area contributed by atoms with E-state index in [0.717, 1.165) is 6.42 Å². The number of rotatable bonds is 4. The summed E-state index contributed by atoms with van der Waals surface area (Å²) < 4.78 is 5.45. The lowest BCUT2D eigenvalue weighted by atomic mass is 10.2. The highest BCUT2D eigenvalue weighted by Gasteiger charge is 2.11. The fraction of sp³-hybridized carbons (Fsp3) is 0.556. The number of hydrogen-bond donors (Lipinski definition) is 0. The Morgan fingerprint density at radius 1 is 1.38 bits per heavy atom. The van der Waals surface area contributed by atoms with E-state index in [1.165, 1.54) is 0 Å². The first-order valence-electron chi connectivity index (χ1n) is 4.37. The van der Waals surface area contributed by atoms with Gasteiger partial charge in [-0.25, -0.2) is 9.97 Å². The molecule has 0 fully saturated rings. The van der Waals surface area contributed by atoms with Gasteiger partial charge in [0, 0.05) is 19.0 Å². The van der Waals surface area contributed by atoms with Crippen molar-refractivity contribution in [2.45, 2.75) is 26.4 Å². The summed E-state index contributed by atoms with van der Waals surface area (Å²) in [5.41, 5.74) is 0. The van der Waals surface area contributed by atoms with Crippen molar-refractivity contribution in [3.05, 3.63) is 23.2 Å². The van der Waals surface area contributed by atoms with Crippen LogP contribution in [0.25, 0.3) is 0 Å². The molecule has 1 heterocycles. The first-order chi connectivity index (χ1) is 6.27. The van der Waals surface area contributed by atoms with Gasteiger partial charge in [0.25, 0.3) is 0 Å². The lowest BCUT2D eigenvalue weighted by molar-refractivity contribution is 0.0535. The Labute approximate surface area is 83.1 Å². The van der Waals surface area contributed by atoms with Crippen LogP contribution >= 0.6 is 11.6 Å². The maximum absolute atomic E-state index is 5.67. The van der Waals surface area contributed by atoms with E-state index in [9.17, 15) is 0 Å². The van der Waals surface area contributed by atoms with Gasteiger partial charge in [-0.3, -0.25) is 0 Å². The Balaban J connectivity index is 2.73. The van der Waals surface area contributed by atoms with Crippen LogP contribution in [0.3, 0.4) is 0 Å². The largest absolute Gasteiger partial charge is 0.371 e. The van der Waals surface area contributed by atoms with Crippen LogP contribution in [0.4, 0.5) is 0 Å². The van der Waals surface area contributed by atoms with Crippen molar-refractivity contribution in [2.75, 3.05) is 6.61 Å². The Kier molecular flexibility index (Phi) is 4.12. The molecule has 1 atom stereocenters. The summed E-state index contributed by atoms with van der Waals surface area (Å²) in [7, 11) is 0. The van der Waals surface area contributed by atoms with Crippen molar-refractivity contribution in [3.63, 3.8) is 0 Å². The van der Waals surface area contributed by atoms with Crippen LogP contribution in [0.1, 0.15) is 32.2 Å². The quantitative estimate of drug-likeness (QED) is 0.750. The van der Waals surface area contributed by atoms with E-state index >= 15 is 0 Å². The minimum Gasteiger partial charge on any atom is -0.371 e. The summed E-state index contributed by atoms with van der Waals surface area (Å²) >= 11 is 5.67. The zero-order valence-corrected chi connectivity index (χ0v) is 8.58. The van der Waals surface area contributed by atoms with Crippen LogP contribution < -0.4 is 0 Å². The third-order valence-electron chi connectivity index (χ3n) is 1.67. The van der Waals surface area contributed by atoms with Gasteiger partial charge in [0.05, 0.1) is 5.02 Å². The highest BCUT2D eigenvalue weighted by Crippen LogP contribution is 2.17. The topological polar surface area (TPSA) is 35.0 Å². The molecule has 0 saturated heterocycles. The fourth-order valence-corrected chi connectivity index (χ4v) is 1.16. The second-order valence-electron chi connectivity index (χ2n) is 2.61. The van der Waals surface area contributed by atoms with Crippen LogP contribution in [0.5, 0.6) is 0 Å². The minimum atomic E-state index is -0.0118. The SMILES string of the molecule is CCO[C@H](CC)c1ncc(Cl)cn1. The van der Waals surface area contributed by atoms with Gasteiger partial charge in [0.2, 0.25) is 0 Å². The van der Waals surface area contributed by atoms with Gasteiger partial charge < -0.3 is 4.74 Å². The molecule has 0 radical (unpaired) electrons. The zero-order valence-electron chi connectivity index (χ0n) is 7.83. The molecule has 72 valence electrons. The molecule has 0 aliphatic heterocycles. The van der Waals surface area contributed by atoms with Crippen molar-refractivity contribution in [1.29, 1.82) is 0 Å². The van der Waals surface area contributed by atoms with Crippen LogP contribution in [-0.2, 0) is 4.74 Å². The summed E-state index contributed by atoms with van der Waals surface area (Å²) in [5.74, 6) is 0.703. The first-order valence-corrected chi connectivity index (χ1v) is 4.74. The Bertz CT molecular complexity index is 250. The molecule has 0 spiro atoms. The molecule has 4 heteroatoms. The van der Waals surface area contributed by atoms with Crippen molar-refractivity contribution < 1.29 is 4.74 Å². The maximum Gasteiger partial charge on any atom is 0.157 e. The maximum atomic E-state index is 5.67. The fourth-order valence-electron chi connectivity index (χ4n) is 1.06. The second-order valence-corrected chi connectivity index (χ2v) is 3.05. The average Bonchev–Trinajstić information content (AvgIpc) is 2.16. The van der Waals surface area contributed by atoms with Crippen LogP contribution in [-0.4, -0.2) is 16.6 Å². The average molecular weight is 201 g/mol. The first kappa shape index (κ1) is 10.4. The summed E-state index contributed by atoms with van der Waals surface area (Å²) in [4.78, 5) is 8.20. The van der Waals surface area contributed by atoms with Crippen molar-refractivity contribution in [3.8, 4) is 0 Å². The number of nitrogens with zero attached hydrogens (tertiary/aromatic N) is 2. The molecule has 0 amide bonds. The van der Waals surface area contributed by atoms with Gasteiger partial charge in [-0.1, -0.05) is 18.5 Å². The third-order valence-corrected chi connectivity index (χ3v) is 1.86. The highest BCUT2D eigenvalue weighted by atomic mass is 35.5. The summed E-state index contributed by atoms with van der Waals surface area (Å²) in [6.07, 6.45) is 4.04. The Morgan fingerprint density at radius 3 is 2.46 bits per heavy atom. The monoisotopic (exact) mass is 200 g/mol. The number of halogens is 1. The molecule has 1 aromatic heterocycles. The lowest BCUT2D eigenvalue weighted by Crippen LogP contribution is -2.07. The smallest absolute Gasteiger partial charge is 0.157 e. The van der Waals surface area contributed by atoms with E-state index in [-0.39, 0.29) is 6.10 Å². The summed E-state index contributed by atoms with van der Waals surface area (Å²) in [6.45, 7) is 4.67. The highest BCUT2D eigenvalue weighted by molar-refractivity contribution is 6.30. The standard InChI is InChI=1S/C9H13ClN2O/c1-3-8(13-4-2)9-11-5-7(10)6-12-9/h5-6,8H,3-4H2,1-2H3/t8-/m1/s1. The molecule has 13 heavy (non-hydrogen) atoms. The van der Waals surface area contributed by atoms with Gasteiger partial charge in [-0.2, -0.15) is 0 Å². The number of aromatic nitrogens is 2. The van der Waals surface area contributed by atoms with Crippen LogP contribution in [0.15, 0.2) is 12.4 Å². The molecule has 0 bridgehead atoms. The van der Waals surface area contributed by atoms with Crippen LogP contribution in [0.2, 0.25) is 5.02 Å². The van der Waals surface area contributed by atoms with Gasteiger partial charge in [0.1, 0.15) is 6.10 Å². The van der Waals surface area contributed by atoms with Crippen molar-refractivity contribution in [2.24, 2.45) is 0 Å². The number of ether oxygens (including phenoxy) is 1. The van der Waals surface area contributed by atoms with Gasteiger partial charge in [0.15, 0.2) is 5.82 Å². The second kappa shape index (κ2) is 5.14. The summed E-state index contributed by atoms with van der Waals surface area (Å²) in [5, 5.41) is 0.551. The lowest BCUT2D eigenvalue weighted by Gasteiger charge is -2.12. The molecule has 0 saturated carbocycles. The minimum absolute atomic E-state index is 0.0118. The Morgan fingerprint density at radius 2 is 2.00 bits per heavy atom. The van der Waals surface area contributed by atoms with Gasteiger partial charge >= 0.3 is 0 Å². The van der Waals surface area contributed by atoms with E-state index in [0.29, 0.717) is 17.5 Å². The third kappa shape index (κ3) is 2.94. The van der Waals surface area contributed by atoms with Crippen LogP contribution in [0, 0.1) is 0 Å². The van der Waals surface area contributed by atoms with E-state index in [4.69, 9.17) is 16.3 Å². The van der Waals surface area contributed by atoms with E-state index in [1.54, 1.807) is 12.4 Å². The molecule has 0 unspecified atom stereocenters. The molecular weight excluding hydrogens is 188 g/mol. The molecule has 3 nitrogen and oxygen atoms in total. The van der Waals surface area contributed by atoms with E-state index < -0.39 is 0 Å². The molecule has 0 aromatic carbocycles. The van der Waals surface area contributed by atoms with Crippen molar-refractivity contribution >= 4 is 11.6 Å². The molecule has 1 rings (SSSR count). The molecular formula is C9H13ClN2O. The predicted octanol–water partition coefficient (Wildman–Crippen LogP) is 2.62. The van der Waals surface area contributed by atoms with Gasteiger partial charge in [-0.05, 0) is 13.3 Å². The van der Waals surface area contributed by atoms with Crippen molar-refractivity contribution in [1.82, 2.24) is 9.97 Å². The number of hydrogen-bond acceptors (Lipinski definition) is 3. The molecule has 0 aliphatic rings. The van der Waals surface area contributed by atoms with E-state index in [2.05, 4.69) is 9.97 Å². The zero-order chi connectivity index (χ0) is 9.68. The van der Waals surface area contributed by atoms with E-state index in [1.807, 2.05) is 13.8 Å². The predicted molar refractivity (Wildman–Crippen MR) is 51.7 cm³/mol. The molecule has 0 N–H and O–H groups in total. The molecule has 1 aromatic rings.